The van der Waals surface area contributed by atoms with E-state index in [0.29, 0.717) is 35.5 Å². The second-order valence-corrected chi connectivity index (χ2v) is 15.4. The van der Waals surface area contributed by atoms with Crippen LogP contribution in [0.25, 0.3) is 0 Å². The van der Waals surface area contributed by atoms with Crippen molar-refractivity contribution < 1.29 is 13.9 Å². The SMILES string of the molecule is O=POC(C1CCCCC1)(C1CCCCC1)[C@H]1CCC(=O)N1P(C1CCCCC1)C1CCCCC1. The fourth-order valence-corrected chi connectivity index (χ4v) is 13.6. The average Bonchev–Trinajstić information content (AvgIpc) is 3.31. The predicted octanol–water partition coefficient (Wildman–Crippen LogP) is 9.16. The number of hydrogen-bond acceptors (Lipinski definition) is 3. The zero-order chi connectivity index (χ0) is 24.1. The van der Waals surface area contributed by atoms with Gasteiger partial charge in [-0.3, -0.25) is 9.32 Å². The van der Waals surface area contributed by atoms with Gasteiger partial charge in [0, 0.05) is 14.5 Å². The molecule has 1 aliphatic heterocycles. The summed E-state index contributed by atoms with van der Waals surface area (Å²) < 4.78 is 21.6. The van der Waals surface area contributed by atoms with Crippen molar-refractivity contribution >= 4 is 22.7 Å². The van der Waals surface area contributed by atoms with Crippen LogP contribution in [0.2, 0.25) is 0 Å². The fraction of sp³-hybridized carbons (Fsp3) is 0.966. The third-order valence-electron chi connectivity index (χ3n) is 10.5. The Kier molecular flexibility index (Phi) is 9.62. The highest BCUT2D eigenvalue weighted by atomic mass is 31.1. The average molecular weight is 522 g/mol. The summed E-state index contributed by atoms with van der Waals surface area (Å²) in [6.45, 7) is 0. The number of carbonyl (C=O) groups is 1. The molecule has 0 radical (unpaired) electrons. The van der Waals surface area contributed by atoms with Gasteiger partial charge >= 0.3 is 8.69 Å². The summed E-state index contributed by atoms with van der Waals surface area (Å²) in [4.78, 5) is 13.9. The Morgan fingerprint density at radius 3 is 1.51 bits per heavy atom. The Balaban J connectivity index is 1.55. The number of carbonyl (C=O) groups excluding carboxylic acids is 1. The summed E-state index contributed by atoms with van der Waals surface area (Å²) in [5, 5.41) is 0. The second kappa shape index (κ2) is 12.7. The Hall–Kier alpha value is -0.0400. The Labute approximate surface area is 217 Å². The van der Waals surface area contributed by atoms with E-state index in [0.717, 1.165) is 6.42 Å². The van der Waals surface area contributed by atoms with E-state index in [2.05, 4.69) is 4.67 Å². The first-order chi connectivity index (χ1) is 17.3. The maximum Gasteiger partial charge on any atom is 0.327 e. The van der Waals surface area contributed by atoms with Crippen molar-refractivity contribution in [3.63, 3.8) is 0 Å². The first-order valence-corrected chi connectivity index (χ1v) is 17.5. The molecule has 4 aliphatic carbocycles. The minimum atomic E-state index is -0.495. The number of nitrogens with zero attached hydrogens (tertiary/aromatic N) is 1. The van der Waals surface area contributed by atoms with E-state index in [1.165, 1.54) is 128 Å². The van der Waals surface area contributed by atoms with Gasteiger partial charge in [0.25, 0.3) is 0 Å². The van der Waals surface area contributed by atoms with Crippen molar-refractivity contribution in [2.24, 2.45) is 11.8 Å². The van der Waals surface area contributed by atoms with Crippen LogP contribution in [0.3, 0.4) is 0 Å². The predicted molar refractivity (Wildman–Crippen MR) is 145 cm³/mol. The Morgan fingerprint density at radius 2 is 1.09 bits per heavy atom. The topological polar surface area (TPSA) is 46.6 Å². The van der Waals surface area contributed by atoms with Crippen molar-refractivity contribution in [1.29, 1.82) is 0 Å². The summed E-state index contributed by atoms with van der Waals surface area (Å²) in [5.41, 5.74) is 1.03. The Bertz CT molecular complexity index is 658. The van der Waals surface area contributed by atoms with E-state index in [4.69, 9.17) is 4.52 Å². The molecule has 0 aromatic carbocycles. The number of hydrogen-bond donors (Lipinski definition) is 0. The van der Waals surface area contributed by atoms with Gasteiger partial charge in [-0.05, 0) is 80.9 Å². The fourth-order valence-electron chi connectivity index (χ4n) is 8.98. The van der Waals surface area contributed by atoms with Crippen LogP contribution in [-0.2, 0) is 13.9 Å². The largest absolute Gasteiger partial charge is 0.327 e. The molecule has 1 atom stereocenters. The van der Waals surface area contributed by atoms with Gasteiger partial charge in [-0.25, -0.2) is 4.57 Å². The van der Waals surface area contributed by atoms with Crippen molar-refractivity contribution in [2.45, 2.75) is 164 Å². The summed E-state index contributed by atoms with van der Waals surface area (Å²) in [6.07, 6.45) is 27.4. The van der Waals surface area contributed by atoms with Gasteiger partial charge in [0.05, 0.1) is 6.04 Å². The Morgan fingerprint density at radius 1 is 0.657 bits per heavy atom. The van der Waals surface area contributed by atoms with Gasteiger partial charge in [0.15, 0.2) is 0 Å². The molecule has 4 saturated carbocycles. The molecular weight excluding hydrogens is 472 g/mol. The normalized spacial score (nSPS) is 29.5. The smallest absolute Gasteiger partial charge is 0.315 e. The van der Waals surface area contributed by atoms with E-state index in [9.17, 15) is 9.36 Å². The molecule has 6 heteroatoms. The zero-order valence-corrected chi connectivity index (χ0v) is 23.8. The van der Waals surface area contributed by atoms with Crippen molar-refractivity contribution in [3.05, 3.63) is 0 Å². The molecule has 5 fully saturated rings. The molecule has 35 heavy (non-hydrogen) atoms. The molecule has 0 unspecified atom stereocenters. The quantitative estimate of drug-likeness (QED) is 0.299. The van der Waals surface area contributed by atoms with Crippen LogP contribution in [0.15, 0.2) is 0 Å². The van der Waals surface area contributed by atoms with Gasteiger partial charge in [0.2, 0.25) is 5.91 Å². The summed E-state index contributed by atoms with van der Waals surface area (Å²) in [5.74, 6) is 1.32. The molecular formula is C29H49NO3P2. The maximum atomic E-state index is 13.9. The molecule has 0 N–H and O–H groups in total. The van der Waals surface area contributed by atoms with Crippen molar-refractivity contribution in [3.8, 4) is 0 Å². The highest BCUT2D eigenvalue weighted by Crippen LogP contribution is 2.64. The second-order valence-electron chi connectivity index (χ2n) is 12.4. The molecule has 1 saturated heterocycles. The lowest BCUT2D eigenvalue weighted by molar-refractivity contribution is -0.132. The third kappa shape index (κ3) is 5.56. The van der Waals surface area contributed by atoms with E-state index >= 15 is 0 Å². The third-order valence-corrected chi connectivity index (χ3v) is 14.5. The number of rotatable bonds is 8. The molecule has 4 nitrogen and oxygen atoms in total. The molecule has 0 aromatic heterocycles. The van der Waals surface area contributed by atoms with E-state index < -0.39 is 13.7 Å². The molecule has 1 heterocycles. The molecule has 0 bridgehead atoms. The standard InChI is InChI=1S/C29H49NO3P2/c31-28-22-21-27(30(28)35(25-17-9-3-10-18-25)26-19-11-4-12-20-26)29(33-34-32,23-13-5-1-6-14-23)24-15-7-2-8-16-24/h23-27H,1-22H2/t27-/m1/s1. The minimum absolute atomic E-state index is 0.151. The van der Waals surface area contributed by atoms with Crippen LogP contribution in [0.5, 0.6) is 0 Å². The van der Waals surface area contributed by atoms with Crippen LogP contribution in [0.4, 0.5) is 0 Å². The maximum absolute atomic E-state index is 13.9. The van der Waals surface area contributed by atoms with E-state index in [1.807, 2.05) is 0 Å². The number of amides is 1. The van der Waals surface area contributed by atoms with Crippen molar-refractivity contribution in [1.82, 2.24) is 4.67 Å². The van der Waals surface area contributed by atoms with Gasteiger partial charge in [-0.2, -0.15) is 0 Å². The van der Waals surface area contributed by atoms with Gasteiger partial charge < -0.3 is 4.67 Å². The van der Waals surface area contributed by atoms with E-state index in [1.54, 1.807) is 0 Å². The molecule has 5 aliphatic rings. The van der Waals surface area contributed by atoms with Crippen LogP contribution >= 0.6 is 16.8 Å². The van der Waals surface area contributed by atoms with E-state index in [-0.39, 0.29) is 14.7 Å². The monoisotopic (exact) mass is 521 g/mol. The lowest BCUT2D eigenvalue weighted by Crippen LogP contribution is -2.60. The van der Waals surface area contributed by atoms with Crippen LogP contribution in [0.1, 0.15) is 141 Å². The summed E-state index contributed by atoms with van der Waals surface area (Å²) in [7, 11) is -0.655. The first kappa shape index (κ1) is 26.6. The molecule has 5 rings (SSSR count). The van der Waals surface area contributed by atoms with Crippen LogP contribution in [0, 0.1) is 11.8 Å². The molecule has 0 aromatic rings. The minimum Gasteiger partial charge on any atom is -0.315 e. The lowest BCUT2D eigenvalue weighted by Gasteiger charge is -2.55. The van der Waals surface area contributed by atoms with Gasteiger partial charge in [-0.15, -0.1) is 0 Å². The summed E-state index contributed by atoms with van der Waals surface area (Å²) >= 11 is 0. The first-order valence-electron chi connectivity index (χ1n) is 15.4. The molecule has 198 valence electrons. The van der Waals surface area contributed by atoms with Crippen molar-refractivity contribution in [2.75, 3.05) is 0 Å². The summed E-state index contributed by atoms with van der Waals surface area (Å²) in [6, 6.07) is 0.151. The zero-order valence-electron chi connectivity index (χ0n) is 22.0. The van der Waals surface area contributed by atoms with Crippen LogP contribution < -0.4 is 0 Å². The van der Waals surface area contributed by atoms with Gasteiger partial charge in [-0.1, -0.05) is 77.0 Å². The van der Waals surface area contributed by atoms with Gasteiger partial charge in [0.1, 0.15) is 5.60 Å². The molecule has 0 spiro atoms. The highest BCUT2D eigenvalue weighted by molar-refractivity contribution is 7.57. The molecule has 1 amide bonds. The van der Waals surface area contributed by atoms with Crippen LogP contribution in [-0.4, -0.2) is 33.5 Å². The lowest BCUT2D eigenvalue weighted by atomic mass is 9.63. The highest BCUT2D eigenvalue weighted by Gasteiger charge is 2.59.